The molecule has 1 saturated carbocycles. The molecule has 8 nitrogen and oxygen atoms in total. The van der Waals surface area contributed by atoms with E-state index in [1.165, 1.54) is 50.3 Å². The first-order valence-corrected chi connectivity index (χ1v) is 11.9. The van der Waals surface area contributed by atoms with Gasteiger partial charge in [-0.3, -0.25) is 4.79 Å². The van der Waals surface area contributed by atoms with E-state index in [1.807, 2.05) is 0 Å². The van der Waals surface area contributed by atoms with Crippen LogP contribution in [0.3, 0.4) is 0 Å². The molecular formula is C27H30FN3O5. The van der Waals surface area contributed by atoms with Gasteiger partial charge in [0.1, 0.15) is 34.7 Å². The first-order chi connectivity index (χ1) is 17.5. The van der Waals surface area contributed by atoms with Crippen LogP contribution in [0.1, 0.15) is 42.6 Å². The Balaban J connectivity index is 1.78. The fraction of sp³-hybridized carbons (Fsp3) is 0.370. The lowest BCUT2D eigenvalue weighted by Gasteiger charge is -2.29. The molecule has 0 aliphatic heterocycles. The number of benzene rings is 2. The first-order valence-electron chi connectivity index (χ1n) is 11.9. The van der Waals surface area contributed by atoms with E-state index in [0.29, 0.717) is 28.4 Å². The summed E-state index contributed by atoms with van der Waals surface area (Å²) in [5.41, 5.74) is 1.64. The summed E-state index contributed by atoms with van der Waals surface area (Å²) in [5.74, 6) is -0.361. The third kappa shape index (κ3) is 5.19. The molecule has 1 amide bonds. The summed E-state index contributed by atoms with van der Waals surface area (Å²) >= 11 is 0. The van der Waals surface area contributed by atoms with Crippen LogP contribution in [0.15, 0.2) is 48.5 Å². The van der Waals surface area contributed by atoms with Gasteiger partial charge in [0, 0.05) is 0 Å². The normalized spacial score (nSPS) is 14.7. The molecule has 36 heavy (non-hydrogen) atoms. The van der Waals surface area contributed by atoms with E-state index < -0.39 is 23.7 Å². The Bertz CT molecular complexity index is 1200. The Morgan fingerprint density at radius 2 is 1.64 bits per heavy atom. The maximum absolute atomic E-state index is 13.6. The lowest BCUT2D eigenvalue weighted by molar-refractivity contribution is -0.144. The molecule has 1 aromatic heterocycles. The van der Waals surface area contributed by atoms with Crippen LogP contribution >= 0.6 is 0 Å². The summed E-state index contributed by atoms with van der Waals surface area (Å²) in [6.07, 6.45) is 4.78. The number of amides is 1. The lowest BCUT2D eigenvalue weighted by atomic mass is 9.84. The second kappa shape index (κ2) is 11.2. The molecule has 4 rings (SSSR count). The summed E-state index contributed by atoms with van der Waals surface area (Å²) in [6, 6.07) is 11.8. The van der Waals surface area contributed by atoms with Crippen molar-refractivity contribution in [3.63, 3.8) is 0 Å². The molecule has 0 saturated heterocycles. The minimum atomic E-state index is -0.774. The van der Waals surface area contributed by atoms with Crippen LogP contribution in [-0.2, 0) is 9.53 Å². The van der Waals surface area contributed by atoms with Gasteiger partial charge in [0.05, 0.1) is 32.6 Å². The Hall–Kier alpha value is -3.88. The van der Waals surface area contributed by atoms with Gasteiger partial charge in [0.2, 0.25) is 0 Å². The monoisotopic (exact) mass is 495 g/mol. The van der Waals surface area contributed by atoms with Crippen LogP contribution < -0.4 is 14.8 Å². The lowest BCUT2D eigenvalue weighted by Crippen LogP contribution is -2.47. The van der Waals surface area contributed by atoms with E-state index >= 15 is 0 Å². The predicted molar refractivity (Wildman–Crippen MR) is 132 cm³/mol. The van der Waals surface area contributed by atoms with Crippen molar-refractivity contribution in [3.8, 4) is 28.4 Å². The minimum Gasteiger partial charge on any atom is -0.496 e. The standard InChI is InChI=1S/C27H30FN3O5/c1-34-22-10-7-11-23(35-2)24(22)20-16-21(31(30-20)19-14-12-18(28)13-15-19)26(32)29-25(27(33)36-3)17-8-5-4-6-9-17/h7,10-17,25H,4-6,8-9H2,1-3H3,(H,29,32). The number of esters is 1. The number of aromatic nitrogens is 2. The van der Waals surface area contributed by atoms with Crippen LogP contribution in [0.5, 0.6) is 11.5 Å². The largest absolute Gasteiger partial charge is 0.496 e. The van der Waals surface area contributed by atoms with Crippen molar-refractivity contribution >= 4 is 11.9 Å². The molecule has 1 aliphatic rings. The first kappa shape index (κ1) is 25.2. The van der Waals surface area contributed by atoms with Crippen molar-refractivity contribution in [1.82, 2.24) is 15.1 Å². The third-order valence-electron chi connectivity index (χ3n) is 6.56. The van der Waals surface area contributed by atoms with E-state index in [-0.39, 0.29) is 11.6 Å². The van der Waals surface area contributed by atoms with Crippen molar-refractivity contribution in [2.24, 2.45) is 5.92 Å². The summed E-state index contributed by atoms with van der Waals surface area (Å²) in [7, 11) is 4.39. The van der Waals surface area contributed by atoms with E-state index in [2.05, 4.69) is 10.4 Å². The molecule has 1 atom stereocenters. The van der Waals surface area contributed by atoms with Gasteiger partial charge in [-0.05, 0) is 61.2 Å². The smallest absolute Gasteiger partial charge is 0.328 e. The highest BCUT2D eigenvalue weighted by molar-refractivity contribution is 5.97. The topological polar surface area (TPSA) is 91.7 Å². The van der Waals surface area contributed by atoms with E-state index in [9.17, 15) is 14.0 Å². The SMILES string of the molecule is COC(=O)C(NC(=O)c1cc(-c2c(OC)cccc2OC)nn1-c1ccc(F)cc1)C1CCCCC1. The van der Waals surface area contributed by atoms with Crippen molar-refractivity contribution in [1.29, 1.82) is 0 Å². The zero-order chi connectivity index (χ0) is 25.7. The Morgan fingerprint density at radius 3 is 2.22 bits per heavy atom. The van der Waals surface area contributed by atoms with Crippen molar-refractivity contribution in [2.75, 3.05) is 21.3 Å². The molecular weight excluding hydrogens is 465 g/mol. The van der Waals surface area contributed by atoms with Gasteiger partial charge in [-0.25, -0.2) is 13.9 Å². The molecule has 0 radical (unpaired) electrons. The van der Waals surface area contributed by atoms with Gasteiger partial charge in [-0.15, -0.1) is 0 Å². The number of nitrogens with one attached hydrogen (secondary N) is 1. The van der Waals surface area contributed by atoms with E-state index in [0.717, 1.165) is 32.1 Å². The van der Waals surface area contributed by atoms with Crippen LogP contribution in [0.4, 0.5) is 4.39 Å². The fourth-order valence-corrected chi connectivity index (χ4v) is 4.73. The number of nitrogens with zero attached hydrogens (tertiary/aromatic N) is 2. The van der Waals surface area contributed by atoms with E-state index in [4.69, 9.17) is 14.2 Å². The summed E-state index contributed by atoms with van der Waals surface area (Å²) in [5, 5.41) is 7.55. The number of hydrogen-bond donors (Lipinski definition) is 1. The zero-order valence-corrected chi connectivity index (χ0v) is 20.6. The number of rotatable bonds is 8. The fourth-order valence-electron chi connectivity index (χ4n) is 4.73. The van der Waals surface area contributed by atoms with Gasteiger partial charge in [0.15, 0.2) is 0 Å². The summed E-state index contributed by atoms with van der Waals surface area (Å²) in [4.78, 5) is 26.2. The number of ether oxygens (including phenoxy) is 3. The Kier molecular flexibility index (Phi) is 7.87. The minimum absolute atomic E-state index is 0.00822. The molecule has 9 heteroatoms. The highest BCUT2D eigenvalue weighted by Crippen LogP contribution is 2.38. The third-order valence-corrected chi connectivity index (χ3v) is 6.56. The van der Waals surface area contributed by atoms with Gasteiger partial charge in [-0.2, -0.15) is 5.10 Å². The molecule has 1 fully saturated rings. The van der Waals surface area contributed by atoms with Crippen molar-refractivity contribution in [3.05, 3.63) is 60.0 Å². The highest BCUT2D eigenvalue weighted by atomic mass is 19.1. The summed E-state index contributed by atoms with van der Waals surface area (Å²) in [6.45, 7) is 0. The molecule has 1 N–H and O–H groups in total. The highest BCUT2D eigenvalue weighted by Gasteiger charge is 2.33. The quantitative estimate of drug-likeness (QED) is 0.461. The second-order valence-corrected chi connectivity index (χ2v) is 8.71. The average molecular weight is 496 g/mol. The van der Waals surface area contributed by atoms with Crippen LogP contribution in [0.25, 0.3) is 16.9 Å². The number of methoxy groups -OCH3 is 3. The maximum atomic E-state index is 13.6. The number of carbonyl (C=O) groups excluding carboxylic acids is 2. The molecule has 190 valence electrons. The van der Waals surface area contributed by atoms with Gasteiger partial charge < -0.3 is 19.5 Å². The predicted octanol–water partition coefficient (Wildman–Crippen LogP) is 4.55. The molecule has 1 heterocycles. The molecule has 3 aromatic rings. The summed E-state index contributed by atoms with van der Waals surface area (Å²) < 4.78 is 31.1. The maximum Gasteiger partial charge on any atom is 0.328 e. The van der Waals surface area contributed by atoms with Crippen LogP contribution in [0.2, 0.25) is 0 Å². The average Bonchev–Trinajstić information content (AvgIpc) is 3.36. The molecule has 1 aliphatic carbocycles. The Labute approximate surface area is 209 Å². The number of halogens is 1. The van der Waals surface area contributed by atoms with Crippen molar-refractivity contribution in [2.45, 2.75) is 38.1 Å². The van der Waals surface area contributed by atoms with Crippen LogP contribution in [0, 0.1) is 11.7 Å². The molecule has 2 aromatic carbocycles. The van der Waals surface area contributed by atoms with Crippen molar-refractivity contribution < 1.29 is 28.2 Å². The Morgan fingerprint density at radius 1 is 1.00 bits per heavy atom. The van der Waals surface area contributed by atoms with Gasteiger partial charge >= 0.3 is 5.97 Å². The molecule has 1 unspecified atom stereocenters. The van der Waals surface area contributed by atoms with Gasteiger partial charge in [0.25, 0.3) is 5.91 Å². The number of carbonyl (C=O) groups is 2. The zero-order valence-electron chi connectivity index (χ0n) is 20.6. The van der Waals surface area contributed by atoms with Gasteiger partial charge in [-0.1, -0.05) is 25.3 Å². The van der Waals surface area contributed by atoms with Crippen LogP contribution in [-0.4, -0.2) is 49.0 Å². The second-order valence-electron chi connectivity index (χ2n) is 8.71. The molecule has 0 spiro atoms. The molecule has 0 bridgehead atoms. The van der Waals surface area contributed by atoms with E-state index in [1.54, 1.807) is 24.3 Å². The number of hydrogen-bond acceptors (Lipinski definition) is 6.